The van der Waals surface area contributed by atoms with Crippen LogP contribution in [0.2, 0.25) is 0 Å². The van der Waals surface area contributed by atoms with E-state index in [0.717, 1.165) is 27.8 Å². The third-order valence-electron chi connectivity index (χ3n) is 4.00. The third-order valence-corrected chi connectivity index (χ3v) is 4.23. The number of nitrogens with two attached hydrogens (primary N) is 1. The highest BCUT2D eigenvalue weighted by Gasteiger charge is 2.22. The number of allylic oxidation sites excluding steroid dienone is 1. The Morgan fingerprint density at radius 1 is 1.27 bits per heavy atom. The third kappa shape index (κ3) is 4.79. The molecule has 3 N–H and O–H groups in total. The van der Waals surface area contributed by atoms with Crippen LogP contribution < -0.4 is 5.73 Å². The standard InChI is InChI=1S/C20H26N4OS/c1-13(2)15-10-16(18(25)17(11-15)20(3,4)5)12-24(26)23-19(21)14-6-8-22-9-7-14/h6-11,25-26H,1,12H2,2-5H3,(H2,21,23). The van der Waals surface area contributed by atoms with Crippen LogP contribution in [-0.2, 0) is 12.0 Å². The van der Waals surface area contributed by atoms with Crippen molar-refractivity contribution in [3.05, 3.63) is 65.5 Å². The second kappa shape index (κ2) is 7.83. The van der Waals surface area contributed by atoms with Crippen LogP contribution in [0.4, 0.5) is 0 Å². The second-order valence-corrected chi connectivity index (χ2v) is 7.78. The molecule has 2 aromatic rings. The highest BCUT2D eigenvalue weighted by Crippen LogP contribution is 2.36. The van der Waals surface area contributed by atoms with E-state index >= 15 is 0 Å². The van der Waals surface area contributed by atoms with Crippen LogP contribution in [0.1, 0.15) is 49.9 Å². The summed E-state index contributed by atoms with van der Waals surface area (Å²) in [6.45, 7) is 12.4. The van der Waals surface area contributed by atoms with Gasteiger partial charge in [-0.1, -0.05) is 32.9 Å². The Morgan fingerprint density at radius 2 is 1.88 bits per heavy atom. The number of hydrogen-bond donors (Lipinski definition) is 3. The highest BCUT2D eigenvalue weighted by molar-refractivity contribution is 7.77. The fourth-order valence-electron chi connectivity index (χ4n) is 2.53. The summed E-state index contributed by atoms with van der Waals surface area (Å²) in [5, 5.41) is 15.0. The summed E-state index contributed by atoms with van der Waals surface area (Å²) < 4.78 is 1.42. The quantitative estimate of drug-likeness (QED) is 0.321. The Morgan fingerprint density at radius 3 is 2.42 bits per heavy atom. The molecule has 0 aliphatic heterocycles. The summed E-state index contributed by atoms with van der Waals surface area (Å²) in [6.07, 6.45) is 3.30. The summed E-state index contributed by atoms with van der Waals surface area (Å²) in [5.41, 5.74) is 10.1. The second-order valence-electron chi connectivity index (χ2n) is 7.31. The first-order chi connectivity index (χ1) is 12.1. The first-order valence-corrected chi connectivity index (χ1v) is 8.72. The van der Waals surface area contributed by atoms with Crippen molar-refractivity contribution in [2.75, 3.05) is 0 Å². The molecule has 0 aliphatic carbocycles. The Kier molecular flexibility index (Phi) is 5.97. The predicted octanol–water partition coefficient (Wildman–Crippen LogP) is 4.09. The molecule has 26 heavy (non-hydrogen) atoms. The van der Waals surface area contributed by atoms with Crippen LogP contribution in [-0.4, -0.2) is 20.3 Å². The number of phenolic OH excluding ortho intramolecular Hbond substituents is 1. The maximum Gasteiger partial charge on any atom is 0.151 e. The van der Waals surface area contributed by atoms with Gasteiger partial charge in [-0.2, -0.15) is 0 Å². The molecule has 0 unspecified atom stereocenters. The largest absolute Gasteiger partial charge is 0.507 e. The van der Waals surface area contributed by atoms with E-state index in [0.29, 0.717) is 12.4 Å². The van der Waals surface area contributed by atoms with Crippen LogP contribution in [0, 0.1) is 0 Å². The number of hydrazone groups is 1. The number of hydrogen-bond acceptors (Lipinski definition) is 5. The zero-order valence-electron chi connectivity index (χ0n) is 15.7. The van der Waals surface area contributed by atoms with Crippen LogP contribution in [0.15, 0.2) is 48.3 Å². The van der Waals surface area contributed by atoms with E-state index < -0.39 is 0 Å². The minimum atomic E-state index is -0.203. The van der Waals surface area contributed by atoms with Crippen molar-refractivity contribution in [3.8, 4) is 5.75 Å². The van der Waals surface area contributed by atoms with E-state index in [9.17, 15) is 5.11 Å². The van der Waals surface area contributed by atoms with E-state index in [1.165, 1.54) is 4.41 Å². The van der Waals surface area contributed by atoms with Crippen LogP contribution >= 0.6 is 12.8 Å². The smallest absolute Gasteiger partial charge is 0.151 e. The van der Waals surface area contributed by atoms with Crippen molar-refractivity contribution < 1.29 is 5.11 Å². The molecular weight excluding hydrogens is 344 g/mol. The van der Waals surface area contributed by atoms with Crippen molar-refractivity contribution in [1.29, 1.82) is 0 Å². The number of thiol groups is 1. The average Bonchev–Trinajstić information content (AvgIpc) is 2.56. The first kappa shape index (κ1) is 19.8. The molecule has 0 radical (unpaired) electrons. The Labute approximate surface area is 160 Å². The lowest BCUT2D eigenvalue weighted by Crippen LogP contribution is -2.19. The molecule has 0 saturated carbocycles. The van der Waals surface area contributed by atoms with Crippen molar-refractivity contribution in [2.24, 2.45) is 10.8 Å². The van der Waals surface area contributed by atoms with Gasteiger partial charge in [0, 0.05) is 29.1 Å². The van der Waals surface area contributed by atoms with Gasteiger partial charge < -0.3 is 10.8 Å². The van der Waals surface area contributed by atoms with Gasteiger partial charge in [0.15, 0.2) is 5.84 Å². The summed E-state index contributed by atoms with van der Waals surface area (Å²) in [5.74, 6) is 0.577. The number of aromatic hydroxyl groups is 1. The van der Waals surface area contributed by atoms with Gasteiger partial charge in [0.25, 0.3) is 0 Å². The predicted molar refractivity (Wildman–Crippen MR) is 111 cm³/mol. The molecule has 6 heteroatoms. The molecular formula is C20H26N4OS. The molecule has 2 rings (SSSR count). The lowest BCUT2D eigenvalue weighted by Gasteiger charge is -2.24. The number of nitrogens with zero attached hydrogens (tertiary/aromatic N) is 3. The Bertz CT molecular complexity index is 826. The first-order valence-electron chi connectivity index (χ1n) is 8.32. The SMILES string of the molecule is C=C(C)c1cc(CN(S)/N=C(\N)c2ccncc2)c(O)c(C(C)(C)C)c1. The van der Waals surface area contributed by atoms with Gasteiger partial charge in [0.05, 0.1) is 6.54 Å². The molecule has 0 spiro atoms. The zero-order valence-corrected chi connectivity index (χ0v) is 16.6. The van der Waals surface area contributed by atoms with Gasteiger partial charge in [-0.05, 0) is 55.0 Å². The Hall–Kier alpha value is -2.47. The topological polar surface area (TPSA) is 74.7 Å². The molecule has 0 atom stereocenters. The monoisotopic (exact) mass is 370 g/mol. The van der Waals surface area contributed by atoms with E-state index in [2.05, 4.69) is 50.3 Å². The van der Waals surface area contributed by atoms with E-state index in [4.69, 9.17) is 5.73 Å². The molecule has 0 bridgehead atoms. The number of phenols is 1. The lowest BCUT2D eigenvalue weighted by atomic mass is 9.83. The number of pyridine rings is 1. The zero-order chi connectivity index (χ0) is 19.5. The summed E-state index contributed by atoms with van der Waals surface area (Å²) >= 11 is 4.39. The maximum absolute atomic E-state index is 10.8. The number of benzene rings is 1. The number of aromatic nitrogens is 1. The molecule has 0 fully saturated rings. The van der Waals surface area contributed by atoms with Crippen molar-refractivity contribution >= 4 is 24.2 Å². The fourth-order valence-corrected chi connectivity index (χ4v) is 2.77. The van der Waals surface area contributed by atoms with Gasteiger partial charge in [-0.25, -0.2) is 4.41 Å². The van der Waals surface area contributed by atoms with Gasteiger partial charge in [0.2, 0.25) is 0 Å². The highest BCUT2D eigenvalue weighted by atomic mass is 32.1. The van der Waals surface area contributed by atoms with Gasteiger partial charge >= 0.3 is 0 Å². The maximum atomic E-state index is 10.8. The van der Waals surface area contributed by atoms with E-state index in [1.807, 2.05) is 19.1 Å². The molecule has 0 aliphatic rings. The number of rotatable bonds is 5. The molecule has 1 aromatic heterocycles. The molecule has 0 amide bonds. The molecule has 1 heterocycles. The van der Waals surface area contributed by atoms with Gasteiger partial charge in [-0.3, -0.25) is 4.98 Å². The van der Waals surface area contributed by atoms with Crippen molar-refractivity contribution in [3.63, 3.8) is 0 Å². The minimum Gasteiger partial charge on any atom is -0.507 e. The molecule has 138 valence electrons. The van der Waals surface area contributed by atoms with Crippen LogP contribution in [0.3, 0.4) is 0 Å². The van der Waals surface area contributed by atoms with Gasteiger partial charge in [-0.15, -0.1) is 5.10 Å². The van der Waals surface area contributed by atoms with Crippen molar-refractivity contribution in [1.82, 2.24) is 9.40 Å². The average molecular weight is 371 g/mol. The minimum absolute atomic E-state index is 0.203. The lowest BCUT2D eigenvalue weighted by molar-refractivity contribution is 0.423. The summed E-state index contributed by atoms with van der Waals surface area (Å²) in [4.78, 5) is 3.96. The van der Waals surface area contributed by atoms with Crippen molar-refractivity contribution in [2.45, 2.75) is 39.7 Å². The Balaban J connectivity index is 2.36. The molecule has 0 saturated heterocycles. The van der Waals surface area contributed by atoms with Gasteiger partial charge in [0.1, 0.15) is 5.75 Å². The van der Waals surface area contributed by atoms with Crippen LogP contribution in [0.25, 0.3) is 5.57 Å². The normalized spacial score (nSPS) is 12.1. The molecule has 5 nitrogen and oxygen atoms in total. The summed E-state index contributed by atoms with van der Waals surface area (Å²) in [7, 11) is 0. The van der Waals surface area contributed by atoms with E-state index in [-0.39, 0.29) is 11.2 Å². The summed E-state index contributed by atoms with van der Waals surface area (Å²) in [6, 6.07) is 7.45. The number of amidine groups is 1. The fraction of sp³-hybridized carbons (Fsp3) is 0.300. The van der Waals surface area contributed by atoms with E-state index in [1.54, 1.807) is 24.5 Å². The van der Waals surface area contributed by atoms with Crippen LogP contribution in [0.5, 0.6) is 5.75 Å². The molecule has 1 aromatic carbocycles.